The van der Waals surface area contributed by atoms with Gasteiger partial charge in [-0.2, -0.15) is 5.26 Å². The summed E-state index contributed by atoms with van der Waals surface area (Å²) in [6, 6.07) is 26.5. The first-order valence-corrected chi connectivity index (χ1v) is 14.7. The standard InChI is InChI=1S/C34H34N6O5/c35-17-23-11-14-27(15-12-23)44-21-29-20-36-19-28(45-29)16-13-26-18-37-22-38-32(26)40-33(41)31(39-34(42)43)30(24-7-3-1-4-8-24)25-9-5-2-6-10-25/h1-12,14-15,18,22,28-31,36,39H,13,16,19-21H2,(H,42,43)(H,37,38,40,41)/t28-,29+,31+/m1/s1. The van der Waals surface area contributed by atoms with Crippen molar-refractivity contribution in [3.05, 3.63) is 120 Å². The summed E-state index contributed by atoms with van der Waals surface area (Å²) >= 11 is 0. The van der Waals surface area contributed by atoms with E-state index in [9.17, 15) is 14.7 Å². The Morgan fingerprint density at radius 1 is 1.00 bits per heavy atom. The number of benzene rings is 3. The van der Waals surface area contributed by atoms with Gasteiger partial charge in [0.2, 0.25) is 5.91 Å². The van der Waals surface area contributed by atoms with E-state index < -0.39 is 24.0 Å². The number of carboxylic acid groups (broad SMARTS) is 1. The van der Waals surface area contributed by atoms with E-state index in [1.807, 2.05) is 60.7 Å². The highest BCUT2D eigenvalue weighted by molar-refractivity contribution is 5.97. The summed E-state index contributed by atoms with van der Waals surface area (Å²) in [6.07, 6.45) is 2.55. The number of morpholine rings is 1. The van der Waals surface area contributed by atoms with Crippen LogP contribution in [0, 0.1) is 11.3 Å². The second-order valence-electron chi connectivity index (χ2n) is 10.6. The van der Waals surface area contributed by atoms with Crippen LogP contribution >= 0.6 is 0 Å². The molecule has 2 amide bonds. The number of rotatable bonds is 12. The molecule has 0 aliphatic carbocycles. The molecule has 0 saturated carbocycles. The zero-order valence-electron chi connectivity index (χ0n) is 24.5. The van der Waals surface area contributed by atoms with Gasteiger partial charge in [-0.15, -0.1) is 0 Å². The molecule has 0 bridgehead atoms. The van der Waals surface area contributed by atoms with E-state index in [1.165, 1.54) is 6.33 Å². The molecule has 4 N–H and O–H groups in total. The van der Waals surface area contributed by atoms with Gasteiger partial charge in [-0.05, 0) is 48.2 Å². The van der Waals surface area contributed by atoms with Crippen molar-refractivity contribution in [2.24, 2.45) is 0 Å². The Morgan fingerprint density at radius 3 is 2.31 bits per heavy atom. The summed E-state index contributed by atoms with van der Waals surface area (Å²) < 4.78 is 12.1. The number of aryl methyl sites for hydroxylation is 1. The first-order chi connectivity index (χ1) is 22.0. The SMILES string of the molecule is N#Cc1ccc(OC[C@@H]2CNC[C@@H](CCc3cncnc3NC(=O)[C@@H](NC(=O)O)C(c3ccccc3)c3ccccc3)O2)cc1. The summed E-state index contributed by atoms with van der Waals surface area (Å²) in [5, 5.41) is 27.4. The highest BCUT2D eigenvalue weighted by Crippen LogP contribution is 2.29. The summed E-state index contributed by atoms with van der Waals surface area (Å²) in [5.41, 5.74) is 2.86. The summed E-state index contributed by atoms with van der Waals surface area (Å²) in [4.78, 5) is 34.2. The maximum absolute atomic E-state index is 13.8. The van der Waals surface area contributed by atoms with Crippen molar-refractivity contribution >= 4 is 17.8 Å². The number of nitriles is 1. The minimum absolute atomic E-state index is 0.112. The lowest BCUT2D eigenvalue weighted by Crippen LogP contribution is -2.47. The van der Waals surface area contributed by atoms with Crippen LogP contribution in [0.3, 0.4) is 0 Å². The molecule has 1 saturated heterocycles. The van der Waals surface area contributed by atoms with Crippen molar-refractivity contribution in [1.82, 2.24) is 20.6 Å². The van der Waals surface area contributed by atoms with Crippen molar-refractivity contribution in [3.63, 3.8) is 0 Å². The predicted octanol–water partition coefficient (Wildman–Crippen LogP) is 4.12. The number of aromatic nitrogens is 2. The van der Waals surface area contributed by atoms with E-state index in [1.54, 1.807) is 30.5 Å². The summed E-state index contributed by atoms with van der Waals surface area (Å²) in [5.74, 6) is -0.139. The smallest absolute Gasteiger partial charge is 0.405 e. The Morgan fingerprint density at radius 2 is 1.67 bits per heavy atom. The van der Waals surface area contributed by atoms with Crippen LogP contribution in [-0.4, -0.2) is 65.0 Å². The Balaban J connectivity index is 1.25. The number of hydrogen-bond donors (Lipinski definition) is 4. The number of nitrogens with zero attached hydrogens (tertiary/aromatic N) is 3. The first kappa shape index (κ1) is 31.1. The second-order valence-corrected chi connectivity index (χ2v) is 10.6. The molecule has 45 heavy (non-hydrogen) atoms. The molecule has 11 nitrogen and oxygen atoms in total. The molecular weight excluding hydrogens is 572 g/mol. The molecular formula is C34H34N6O5. The Kier molecular flexibility index (Phi) is 10.7. The van der Waals surface area contributed by atoms with Crippen LogP contribution in [0.5, 0.6) is 5.75 Å². The van der Waals surface area contributed by atoms with E-state index in [0.717, 1.165) is 11.1 Å². The largest absolute Gasteiger partial charge is 0.491 e. The molecule has 1 aromatic heterocycles. The van der Waals surface area contributed by atoms with E-state index in [2.05, 4.69) is 32.0 Å². The van der Waals surface area contributed by atoms with Crippen LogP contribution in [0.1, 0.15) is 34.6 Å². The van der Waals surface area contributed by atoms with Gasteiger partial charge in [-0.1, -0.05) is 60.7 Å². The average molecular weight is 607 g/mol. The zero-order valence-corrected chi connectivity index (χ0v) is 24.5. The normalized spacial score (nSPS) is 16.7. The third-order valence-electron chi connectivity index (χ3n) is 7.53. The minimum Gasteiger partial charge on any atom is -0.491 e. The fourth-order valence-corrected chi connectivity index (χ4v) is 5.35. The van der Waals surface area contributed by atoms with E-state index in [-0.39, 0.29) is 12.2 Å². The van der Waals surface area contributed by atoms with Crippen molar-refractivity contribution < 1.29 is 24.2 Å². The third kappa shape index (κ3) is 8.63. The van der Waals surface area contributed by atoms with Crippen molar-refractivity contribution in [1.29, 1.82) is 5.26 Å². The van der Waals surface area contributed by atoms with Crippen molar-refractivity contribution in [3.8, 4) is 11.8 Å². The van der Waals surface area contributed by atoms with Gasteiger partial charge >= 0.3 is 6.09 Å². The van der Waals surface area contributed by atoms with Crippen LogP contribution < -0.4 is 20.7 Å². The molecule has 0 spiro atoms. The van der Waals surface area contributed by atoms with Crippen LogP contribution in [0.4, 0.5) is 10.6 Å². The van der Waals surface area contributed by atoms with Gasteiger partial charge < -0.3 is 30.5 Å². The number of carbonyl (C=O) groups excluding carboxylic acids is 1. The highest BCUT2D eigenvalue weighted by Gasteiger charge is 2.33. The van der Waals surface area contributed by atoms with E-state index in [0.29, 0.717) is 55.2 Å². The van der Waals surface area contributed by atoms with Gasteiger partial charge in [-0.3, -0.25) is 4.79 Å². The molecule has 2 heterocycles. The average Bonchev–Trinajstić information content (AvgIpc) is 3.08. The van der Waals surface area contributed by atoms with E-state index in [4.69, 9.17) is 14.7 Å². The Labute approximate surface area is 261 Å². The van der Waals surface area contributed by atoms with Crippen LogP contribution in [0.25, 0.3) is 0 Å². The predicted molar refractivity (Wildman–Crippen MR) is 167 cm³/mol. The number of anilines is 1. The van der Waals surface area contributed by atoms with Gasteiger partial charge in [0.05, 0.1) is 17.7 Å². The number of nitrogens with one attached hydrogen (secondary N) is 3. The topological polar surface area (TPSA) is 158 Å². The Bertz CT molecular complexity index is 1560. The van der Waals surface area contributed by atoms with Crippen LogP contribution in [0.2, 0.25) is 0 Å². The number of amides is 2. The van der Waals surface area contributed by atoms with Crippen LogP contribution in [0.15, 0.2) is 97.5 Å². The molecule has 1 aliphatic rings. The number of ether oxygens (including phenoxy) is 2. The molecule has 1 aliphatic heterocycles. The van der Waals surface area contributed by atoms with Crippen molar-refractivity contribution in [2.75, 3.05) is 25.0 Å². The maximum atomic E-state index is 13.8. The second kappa shape index (κ2) is 15.4. The maximum Gasteiger partial charge on any atom is 0.405 e. The number of hydrogen-bond acceptors (Lipinski definition) is 8. The lowest BCUT2D eigenvalue weighted by atomic mass is 9.84. The molecule has 0 radical (unpaired) electrons. The summed E-state index contributed by atoms with van der Waals surface area (Å²) in [7, 11) is 0. The van der Waals surface area contributed by atoms with Gasteiger partial charge in [0.15, 0.2) is 0 Å². The van der Waals surface area contributed by atoms with Gasteiger partial charge in [0, 0.05) is 30.8 Å². The van der Waals surface area contributed by atoms with Crippen molar-refractivity contribution in [2.45, 2.75) is 37.0 Å². The molecule has 1 fully saturated rings. The lowest BCUT2D eigenvalue weighted by molar-refractivity contribution is -0.118. The molecule has 3 aromatic carbocycles. The fourth-order valence-electron chi connectivity index (χ4n) is 5.35. The molecule has 230 valence electrons. The van der Waals surface area contributed by atoms with Crippen LogP contribution in [-0.2, 0) is 16.0 Å². The minimum atomic E-state index is -1.31. The quantitative estimate of drug-likeness (QED) is 0.186. The summed E-state index contributed by atoms with van der Waals surface area (Å²) in [6.45, 7) is 1.65. The van der Waals surface area contributed by atoms with E-state index >= 15 is 0 Å². The monoisotopic (exact) mass is 606 g/mol. The lowest BCUT2D eigenvalue weighted by Gasteiger charge is -2.31. The van der Waals surface area contributed by atoms with Gasteiger partial charge in [-0.25, -0.2) is 14.8 Å². The van der Waals surface area contributed by atoms with Gasteiger partial charge in [0.1, 0.15) is 36.6 Å². The Hall–Kier alpha value is -5.31. The van der Waals surface area contributed by atoms with Gasteiger partial charge in [0.25, 0.3) is 0 Å². The highest BCUT2D eigenvalue weighted by atomic mass is 16.5. The molecule has 5 rings (SSSR count). The fraction of sp³-hybridized carbons (Fsp3) is 0.265. The molecule has 3 atom stereocenters. The molecule has 4 aromatic rings. The molecule has 11 heteroatoms. The number of carbonyl (C=O) groups is 2. The third-order valence-corrected chi connectivity index (χ3v) is 7.53. The first-order valence-electron chi connectivity index (χ1n) is 14.7. The zero-order chi connectivity index (χ0) is 31.4. The molecule has 0 unspecified atom stereocenters.